The molecular formula is C8H16O7P2S2-2. The standard InChI is InChI=1S/C8H18O7P2S2/c1-12-16(10,18)14-7-3-6(9)4-8(5-7)15-17(11,19)13-2/h6-9H,3-5H2,1-2H3,(H,10,18)(H,11,19)/p-2/t6?,7-,8+,16?,17?. The first-order valence-electron chi connectivity index (χ1n) is 5.46. The third-order valence-electron chi connectivity index (χ3n) is 2.60. The molecule has 0 bridgehead atoms. The van der Waals surface area contributed by atoms with Crippen LogP contribution in [0.4, 0.5) is 0 Å². The van der Waals surface area contributed by atoms with Crippen LogP contribution in [0.15, 0.2) is 0 Å². The first-order chi connectivity index (χ1) is 8.67. The quantitative estimate of drug-likeness (QED) is 0.552. The van der Waals surface area contributed by atoms with Crippen LogP contribution >= 0.6 is 13.5 Å². The van der Waals surface area contributed by atoms with E-state index in [9.17, 15) is 14.6 Å². The molecule has 0 radical (unpaired) electrons. The Morgan fingerprint density at radius 2 is 1.74 bits per heavy atom. The van der Waals surface area contributed by atoms with E-state index in [0.29, 0.717) is 0 Å². The van der Waals surface area contributed by atoms with Gasteiger partial charge in [-0.1, -0.05) is 11.8 Å². The fourth-order valence-corrected chi connectivity index (χ4v) is 3.79. The van der Waals surface area contributed by atoms with Crippen LogP contribution in [0.2, 0.25) is 0 Å². The summed E-state index contributed by atoms with van der Waals surface area (Å²) in [6.07, 6.45) is -1.21. The molecule has 0 spiro atoms. The van der Waals surface area contributed by atoms with Crippen LogP contribution < -0.4 is 4.89 Å². The maximum absolute atomic E-state index is 11.6. The summed E-state index contributed by atoms with van der Waals surface area (Å²) in [5.41, 5.74) is 0. The number of hydrogen-bond acceptors (Lipinski definition) is 9. The Bertz CT molecular complexity index is 359. The molecule has 0 saturated heterocycles. The fraction of sp³-hybridized carbons (Fsp3) is 1.00. The second kappa shape index (κ2) is 7.31. The first kappa shape index (κ1) is 18.0. The number of hydrogen-bond donors (Lipinski definition) is 1. The van der Waals surface area contributed by atoms with Crippen molar-refractivity contribution in [1.82, 2.24) is 0 Å². The van der Waals surface area contributed by atoms with Crippen molar-refractivity contribution in [3.8, 4) is 0 Å². The molecule has 19 heavy (non-hydrogen) atoms. The Morgan fingerprint density at radius 1 is 1.21 bits per heavy atom. The van der Waals surface area contributed by atoms with Gasteiger partial charge in [0.25, 0.3) is 0 Å². The molecule has 7 nitrogen and oxygen atoms in total. The summed E-state index contributed by atoms with van der Waals surface area (Å²) >= 11 is 9.25. The lowest BCUT2D eigenvalue weighted by molar-refractivity contribution is -0.211. The summed E-state index contributed by atoms with van der Waals surface area (Å²) < 4.78 is 30.9. The van der Waals surface area contributed by atoms with Gasteiger partial charge in [0.05, 0.1) is 18.3 Å². The van der Waals surface area contributed by atoms with E-state index in [-0.39, 0.29) is 19.3 Å². The topological polar surface area (TPSA) is 97.3 Å². The van der Waals surface area contributed by atoms with Crippen LogP contribution in [0.3, 0.4) is 0 Å². The average molecular weight is 350 g/mol. The molecule has 5 atom stereocenters. The Hall–Kier alpha value is 0.990. The lowest BCUT2D eigenvalue weighted by atomic mass is 9.93. The normalized spacial score (nSPS) is 34.5. The Morgan fingerprint density at radius 3 is 2.21 bits per heavy atom. The van der Waals surface area contributed by atoms with Gasteiger partial charge in [-0.25, -0.2) is 0 Å². The summed E-state index contributed by atoms with van der Waals surface area (Å²) in [5.74, 6) is 0. The summed E-state index contributed by atoms with van der Waals surface area (Å²) in [7, 11) is 2.37. The van der Waals surface area contributed by atoms with E-state index < -0.39 is 31.8 Å². The van der Waals surface area contributed by atoms with E-state index in [1.54, 1.807) is 0 Å². The average Bonchev–Trinajstić information content (AvgIpc) is 2.27. The van der Waals surface area contributed by atoms with E-state index in [1.165, 1.54) is 14.2 Å². The van der Waals surface area contributed by atoms with Gasteiger partial charge in [-0.05, 0) is 0 Å². The number of rotatable bonds is 6. The highest BCUT2D eigenvalue weighted by molar-refractivity contribution is 8.32. The summed E-state index contributed by atoms with van der Waals surface area (Å²) in [4.78, 5) is 11.6. The zero-order chi connectivity index (χ0) is 14.7. The number of aliphatic hydroxyl groups excluding tert-OH is 1. The highest BCUT2D eigenvalue weighted by Gasteiger charge is 2.32. The molecule has 0 aliphatic heterocycles. The van der Waals surface area contributed by atoms with Crippen molar-refractivity contribution in [3.63, 3.8) is 0 Å². The Balaban J connectivity index is 2.63. The van der Waals surface area contributed by atoms with Crippen molar-refractivity contribution >= 4 is 37.6 Å². The van der Waals surface area contributed by atoms with E-state index in [4.69, 9.17) is 9.05 Å². The molecule has 0 heterocycles. The fourth-order valence-electron chi connectivity index (χ4n) is 1.81. The maximum atomic E-state index is 11.6. The van der Waals surface area contributed by atoms with Gasteiger partial charge in [-0.15, -0.1) is 0 Å². The molecule has 1 N–H and O–H groups in total. The molecule has 1 rings (SSSR count). The van der Waals surface area contributed by atoms with Gasteiger partial charge in [-0.2, -0.15) is 0 Å². The third-order valence-corrected chi connectivity index (χ3v) is 6.02. The van der Waals surface area contributed by atoms with Crippen LogP contribution in [0, 0.1) is 0 Å². The van der Waals surface area contributed by atoms with Crippen molar-refractivity contribution in [1.29, 1.82) is 0 Å². The van der Waals surface area contributed by atoms with Gasteiger partial charge in [0.15, 0.2) is 6.80 Å². The minimum Gasteiger partial charge on any atom is -0.780 e. The minimum absolute atomic E-state index is 0.249. The van der Waals surface area contributed by atoms with Crippen molar-refractivity contribution in [2.75, 3.05) is 14.2 Å². The van der Waals surface area contributed by atoms with Crippen LogP contribution in [-0.4, -0.2) is 37.6 Å². The van der Waals surface area contributed by atoms with Gasteiger partial charge in [0.1, 0.15) is 6.72 Å². The monoisotopic (exact) mass is 350 g/mol. The third kappa shape index (κ3) is 6.52. The molecule has 3 unspecified atom stereocenters. The van der Waals surface area contributed by atoms with Gasteiger partial charge >= 0.3 is 0 Å². The van der Waals surface area contributed by atoms with Crippen molar-refractivity contribution in [2.45, 2.75) is 37.6 Å². The van der Waals surface area contributed by atoms with Crippen molar-refractivity contribution < 1.29 is 32.7 Å². The molecule has 1 aliphatic carbocycles. The molecule has 1 aliphatic rings. The molecule has 0 aromatic rings. The minimum atomic E-state index is -3.56. The van der Waals surface area contributed by atoms with Gasteiger partial charge in [0.2, 0.25) is 0 Å². The summed E-state index contributed by atoms with van der Waals surface area (Å²) in [5, 5.41) is 9.70. The zero-order valence-electron chi connectivity index (χ0n) is 10.5. The van der Waals surface area contributed by atoms with E-state index in [0.717, 1.165) is 0 Å². The highest BCUT2D eigenvalue weighted by Crippen LogP contribution is 2.49. The molecule has 1 fully saturated rings. The van der Waals surface area contributed by atoms with Crippen LogP contribution in [0.1, 0.15) is 19.3 Å². The second-order valence-corrected chi connectivity index (χ2v) is 9.70. The molecule has 0 aromatic heterocycles. The summed E-state index contributed by atoms with van der Waals surface area (Å²) in [6.45, 7) is -7.13. The van der Waals surface area contributed by atoms with Crippen molar-refractivity contribution in [2.24, 2.45) is 0 Å². The van der Waals surface area contributed by atoms with E-state index in [1.807, 2.05) is 0 Å². The predicted molar refractivity (Wildman–Crippen MR) is 72.9 cm³/mol. The van der Waals surface area contributed by atoms with Gasteiger partial charge in [0, 0.05) is 33.5 Å². The lowest BCUT2D eigenvalue weighted by Crippen LogP contribution is -2.35. The Labute approximate surface area is 122 Å². The largest absolute Gasteiger partial charge is 0.780 e. The smallest absolute Gasteiger partial charge is 0.199 e. The lowest BCUT2D eigenvalue weighted by Gasteiger charge is -2.38. The van der Waals surface area contributed by atoms with Crippen LogP contribution in [0.5, 0.6) is 0 Å². The maximum Gasteiger partial charge on any atom is 0.199 e. The zero-order valence-corrected chi connectivity index (χ0v) is 13.9. The van der Waals surface area contributed by atoms with Crippen molar-refractivity contribution in [3.05, 3.63) is 0 Å². The van der Waals surface area contributed by atoms with Crippen LogP contribution in [0.25, 0.3) is 0 Å². The number of aliphatic hydroxyl groups is 1. The molecule has 114 valence electrons. The highest BCUT2D eigenvalue weighted by atomic mass is 32.7. The molecule has 0 amide bonds. The van der Waals surface area contributed by atoms with Crippen LogP contribution in [-0.2, 0) is 46.7 Å². The predicted octanol–water partition coefficient (Wildman–Crippen LogP) is 0.834. The Kier molecular flexibility index (Phi) is 6.94. The van der Waals surface area contributed by atoms with Gasteiger partial charge in [-0.3, -0.25) is 4.57 Å². The first-order valence-corrected chi connectivity index (χ1v) is 10.6. The molecular weight excluding hydrogens is 334 g/mol. The van der Waals surface area contributed by atoms with E-state index in [2.05, 4.69) is 33.1 Å². The van der Waals surface area contributed by atoms with E-state index >= 15 is 0 Å². The molecule has 0 aromatic carbocycles. The summed E-state index contributed by atoms with van der Waals surface area (Å²) in [6, 6.07) is 0. The molecule has 11 heteroatoms. The second-order valence-electron chi connectivity index (χ2n) is 4.08. The SMILES string of the molecule is COP(=O)([S-])O[C@@H]1CC(O)C[C@H](OP([O-])(=S)OC)C1. The van der Waals surface area contributed by atoms with Gasteiger partial charge < -0.3 is 40.3 Å². The molecule has 1 saturated carbocycles.